The highest BCUT2D eigenvalue weighted by Crippen LogP contribution is 2.41. The van der Waals surface area contributed by atoms with Gasteiger partial charge in [0.1, 0.15) is 24.2 Å². The second-order valence-electron chi connectivity index (χ2n) is 8.96. The van der Waals surface area contributed by atoms with Gasteiger partial charge in [-0.05, 0) is 25.5 Å². The molecule has 2 atom stereocenters. The van der Waals surface area contributed by atoms with Crippen molar-refractivity contribution in [3.63, 3.8) is 0 Å². The van der Waals surface area contributed by atoms with Crippen LogP contribution in [0, 0.1) is 0 Å². The minimum Gasteiger partial charge on any atom is -0.543 e. The number of amides is 2. The maximum Gasteiger partial charge on any atom is 0.350 e. The fourth-order valence-corrected chi connectivity index (χ4v) is 6.63. The van der Waals surface area contributed by atoms with Crippen molar-refractivity contribution >= 4 is 69.5 Å². The lowest BCUT2D eigenvalue weighted by molar-refractivity contribution is -0.708. The molecule has 0 spiro atoms. The number of aromatic nitrogens is 2. The van der Waals surface area contributed by atoms with Crippen molar-refractivity contribution in [2.45, 2.75) is 35.9 Å². The summed E-state index contributed by atoms with van der Waals surface area (Å²) >= 11 is 3.77. The molecule has 4 heterocycles. The molecular weight excluding hydrogens is 568 g/mol. The van der Waals surface area contributed by atoms with E-state index in [1.165, 1.54) is 42.8 Å². The van der Waals surface area contributed by atoms with Gasteiger partial charge in [-0.3, -0.25) is 14.5 Å². The van der Waals surface area contributed by atoms with Crippen molar-refractivity contribution in [3.05, 3.63) is 46.7 Å². The molecule has 1 saturated heterocycles. The first-order chi connectivity index (χ1) is 18.4. The number of hydrogen-bond acceptors (Lipinski definition) is 12. The van der Waals surface area contributed by atoms with Crippen molar-refractivity contribution in [1.29, 1.82) is 0 Å². The van der Waals surface area contributed by atoms with Gasteiger partial charge >= 0.3 is 5.97 Å². The van der Waals surface area contributed by atoms with Crippen LogP contribution >= 0.6 is 34.9 Å². The van der Waals surface area contributed by atoms with Crippen LogP contribution in [-0.4, -0.2) is 73.0 Å². The first kappa shape index (κ1) is 28.4. The van der Waals surface area contributed by atoms with Gasteiger partial charge in [0.15, 0.2) is 17.0 Å². The summed E-state index contributed by atoms with van der Waals surface area (Å²) in [5.74, 6) is -3.64. The lowest BCUT2D eigenvalue weighted by atomic mass is 10.0. The Bertz CT molecular complexity index is 1410. The van der Waals surface area contributed by atoms with Crippen molar-refractivity contribution < 1.29 is 38.8 Å². The van der Waals surface area contributed by atoms with Crippen LogP contribution in [-0.2, 0) is 31.1 Å². The van der Waals surface area contributed by atoms with E-state index in [-0.39, 0.29) is 22.2 Å². The Kier molecular flexibility index (Phi) is 8.17. The zero-order valence-corrected chi connectivity index (χ0v) is 23.4. The molecular formula is C23H24N6O7S3. The molecule has 4 N–H and O–H groups in total. The number of β-lactam (4-membered cyclic amide) rings is 1. The minimum absolute atomic E-state index is 0.0276. The van der Waals surface area contributed by atoms with Gasteiger partial charge in [-0.25, -0.2) is 9.78 Å². The van der Waals surface area contributed by atoms with Crippen LogP contribution in [0.1, 0.15) is 19.5 Å². The lowest BCUT2D eigenvalue weighted by Gasteiger charge is -2.50. The molecule has 16 heteroatoms. The van der Waals surface area contributed by atoms with Gasteiger partial charge in [-0.1, -0.05) is 16.9 Å². The number of nitrogens with zero attached hydrogens (tertiary/aromatic N) is 4. The zero-order valence-electron chi connectivity index (χ0n) is 20.9. The average Bonchev–Trinajstić information content (AvgIpc) is 3.31. The van der Waals surface area contributed by atoms with E-state index in [9.17, 15) is 29.4 Å². The van der Waals surface area contributed by atoms with Gasteiger partial charge in [0.2, 0.25) is 10.6 Å². The number of anilines is 1. The normalized spacial score (nSPS) is 19.3. The van der Waals surface area contributed by atoms with Crippen LogP contribution in [0.3, 0.4) is 0 Å². The van der Waals surface area contributed by atoms with Crippen LogP contribution in [0.25, 0.3) is 0 Å². The van der Waals surface area contributed by atoms with Crippen LogP contribution in [0.2, 0.25) is 0 Å². The molecule has 2 aromatic heterocycles. The zero-order chi connectivity index (χ0) is 28.5. The molecule has 39 heavy (non-hydrogen) atoms. The number of aliphatic carboxylic acids is 2. The van der Waals surface area contributed by atoms with Crippen LogP contribution in [0.5, 0.6) is 0 Å². The molecule has 0 bridgehead atoms. The Morgan fingerprint density at radius 3 is 2.77 bits per heavy atom. The molecule has 2 aromatic rings. The fourth-order valence-electron chi connectivity index (χ4n) is 3.61. The van der Waals surface area contributed by atoms with Gasteiger partial charge in [0.05, 0.1) is 11.7 Å². The number of fused-ring (bicyclic) bond motifs is 1. The molecule has 0 aromatic carbocycles. The number of hydrogen-bond donors (Lipinski definition) is 3. The Hall–Kier alpha value is -3.63. The van der Waals surface area contributed by atoms with E-state index >= 15 is 0 Å². The van der Waals surface area contributed by atoms with Gasteiger partial charge in [-0.15, -0.1) is 23.1 Å². The second-order valence-corrected chi connectivity index (χ2v) is 11.9. The SMILES string of the molecule is C[n+]1ccccc1SCC1=C(C(=O)[O-])N2C(=O)[C@@H](NC(=O)/C(=N\OC(C)(C)C(=O)O)c3csc(N)n3)[C@H]2SC1. The predicted molar refractivity (Wildman–Crippen MR) is 141 cm³/mol. The number of nitrogens with one attached hydrogen (secondary N) is 1. The Labute approximate surface area is 235 Å². The molecule has 0 unspecified atom stereocenters. The molecule has 2 amide bonds. The first-order valence-electron chi connectivity index (χ1n) is 11.4. The van der Waals surface area contributed by atoms with E-state index in [0.717, 1.165) is 21.3 Å². The van der Waals surface area contributed by atoms with E-state index in [2.05, 4.69) is 15.5 Å². The third kappa shape index (κ3) is 5.86. The summed E-state index contributed by atoms with van der Waals surface area (Å²) in [4.78, 5) is 59.9. The average molecular weight is 593 g/mol. The summed E-state index contributed by atoms with van der Waals surface area (Å²) in [6.07, 6.45) is 1.87. The number of carbonyl (C=O) groups excluding carboxylic acids is 3. The molecule has 13 nitrogen and oxygen atoms in total. The number of carbonyl (C=O) groups is 4. The van der Waals surface area contributed by atoms with Crippen LogP contribution < -0.4 is 20.7 Å². The second kappa shape index (κ2) is 11.2. The van der Waals surface area contributed by atoms with E-state index < -0.39 is 40.8 Å². The topological polar surface area (TPSA) is 191 Å². The maximum absolute atomic E-state index is 13.2. The van der Waals surface area contributed by atoms with Gasteiger partial charge in [-0.2, -0.15) is 4.57 Å². The highest BCUT2D eigenvalue weighted by atomic mass is 32.2. The molecule has 2 aliphatic heterocycles. The van der Waals surface area contributed by atoms with Gasteiger partial charge < -0.3 is 30.9 Å². The number of oxime groups is 1. The molecule has 206 valence electrons. The number of aryl methyl sites for hydroxylation is 1. The van der Waals surface area contributed by atoms with Gasteiger partial charge in [0, 0.05) is 29.0 Å². The van der Waals surface area contributed by atoms with Crippen molar-refractivity contribution in [3.8, 4) is 0 Å². The van der Waals surface area contributed by atoms with Crippen molar-refractivity contribution in [1.82, 2.24) is 15.2 Å². The number of carboxylic acids is 2. The van der Waals surface area contributed by atoms with E-state index in [1.807, 2.05) is 36.0 Å². The highest BCUT2D eigenvalue weighted by Gasteiger charge is 2.53. The van der Waals surface area contributed by atoms with Crippen LogP contribution in [0.15, 0.2) is 51.2 Å². The molecule has 1 fully saturated rings. The largest absolute Gasteiger partial charge is 0.543 e. The van der Waals surface area contributed by atoms with Crippen molar-refractivity contribution in [2.24, 2.45) is 12.2 Å². The lowest BCUT2D eigenvalue weighted by Crippen LogP contribution is -2.71. The van der Waals surface area contributed by atoms with E-state index in [4.69, 9.17) is 10.6 Å². The molecule has 2 aliphatic rings. The number of pyridine rings is 1. The Balaban J connectivity index is 1.52. The molecule has 0 radical (unpaired) electrons. The third-order valence-corrected chi connectivity index (χ3v) is 9.01. The summed E-state index contributed by atoms with van der Waals surface area (Å²) < 4.78 is 1.90. The summed E-state index contributed by atoms with van der Waals surface area (Å²) in [6, 6.07) is 4.59. The summed E-state index contributed by atoms with van der Waals surface area (Å²) in [6.45, 7) is 2.49. The molecule has 0 aliphatic carbocycles. The number of rotatable bonds is 10. The number of nitrogens with two attached hydrogens (primary N) is 1. The van der Waals surface area contributed by atoms with Gasteiger partial charge in [0.25, 0.3) is 11.8 Å². The minimum atomic E-state index is -1.76. The molecule has 4 rings (SSSR count). The fraction of sp³-hybridized carbons (Fsp3) is 0.348. The summed E-state index contributed by atoms with van der Waals surface area (Å²) in [5, 5.41) is 29.4. The monoisotopic (exact) mass is 592 g/mol. The Morgan fingerprint density at radius 1 is 1.41 bits per heavy atom. The van der Waals surface area contributed by atoms with E-state index in [0.29, 0.717) is 17.1 Å². The predicted octanol–water partition coefficient (Wildman–Crippen LogP) is -0.670. The number of thiazole rings is 1. The summed E-state index contributed by atoms with van der Waals surface area (Å²) in [7, 11) is 1.87. The standard InChI is InChI=1S/C23H24N6O7S3/c1-23(2,21(34)35)36-27-14(12-10-39-22(24)25-12)17(30)26-15-18(31)29-16(20(32)33)11(9-38-19(15)29)8-37-13-6-4-5-7-28(13)3/h4-7,10,15,19H,8-9H2,1-3H3,(H4-,24,25,26,30,32,33,34,35)/b27-14-/t15-,19-/m1/s1. The highest BCUT2D eigenvalue weighted by molar-refractivity contribution is 8.01. The number of thioether (sulfide) groups is 2. The van der Waals surface area contributed by atoms with Crippen LogP contribution in [0.4, 0.5) is 5.13 Å². The van der Waals surface area contributed by atoms with E-state index in [1.54, 1.807) is 0 Å². The molecule has 0 saturated carbocycles. The number of nitrogen functional groups attached to an aromatic ring is 1. The Morgan fingerprint density at radius 2 is 2.15 bits per heavy atom. The smallest absolute Gasteiger partial charge is 0.350 e. The third-order valence-electron chi connectivity index (χ3n) is 5.79. The summed E-state index contributed by atoms with van der Waals surface area (Å²) in [5.41, 5.74) is 3.90. The number of carboxylic acid groups (broad SMARTS) is 2. The first-order valence-corrected chi connectivity index (χ1v) is 14.3. The maximum atomic E-state index is 13.2. The quantitative estimate of drug-likeness (QED) is 0.104. The van der Waals surface area contributed by atoms with Crippen molar-refractivity contribution in [2.75, 3.05) is 17.2 Å².